The van der Waals surface area contributed by atoms with E-state index < -0.39 is 0 Å². The van der Waals surface area contributed by atoms with E-state index in [1.165, 1.54) is 31.2 Å². The highest BCUT2D eigenvalue weighted by Crippen LogP contribution is 2.49. The number of benzene rings is 1. The molecule has 3 aliphatic rings. The highest BCUT2D eigenvalue weighted by molar-refractivity contribution is 6.17. The molecule has 1 saturated carbocycles. The molecule has 1 heteroatoms. The van der Waals surface area contributed by atoms with Crippen molar-refractivity contribution in [1.82, 2.24) is 0 Å². The quantitative estimate of drug-likeness (QED) is 0.605. The molecule has 0 amide bonds. The zero-order chi connectivity index (χ0) is 9.54. The fourth-order valence-corrected chi connectivity index (χ4v) is 3.31. The molecular formula is C13H15Cl. The third-order valence-electron chi connectivity index (χ3n) is 3.91. The Balaban J connectivity index is 2.11. The van der Waals surface area contributed by atoms with Crippen LogP contribution in [0.25, 0.3) is 0 Å². The molecule has 0 N–H and O–H groups in total. The lowest BCUT2D eigenvalue weighted by Gasteiger charge is -2.38. The van der Waals surface area contributed by atoms with Gasteiger partial charge in [0.2, 0.25) is 0 Å². The van der Waals surface area contributed by atoms with Gasteiger partial charge in [0.15, 0.2) is 0 Å². The lowest BCUT2D eigenvalue weighted by Crippen LogP contribution is -2.21. The summed E-state index contributed by atoms with van der Waals surface area (Å²) >= 11 is 5.87. The molecule has 1 fully saturated rings. The van der Waals surface area contributed by atoms with E-state index in [1.54, 1.807) is 11.1 Å². The van der Waals surface area contributed by atoms with Crippen molar-refractivity contribution in [3.8, 4) is 0 Å². The Morgan fingerprint density at radius 1 is 1.00 bits per heavy atom. The Morgan fingerprint density at radius 3 is 2.29 bits per heavy atom. The molecule has 0 heterocycles. The van der Waals surface area contributed by atoms with Crippen molar-refractivity contribution in [2.24, 2.45) is 0 Å². The van der Waals surface area contributed by atoms with E-state index in [-0.39, 0.29) is 0 Å². The Morgan fingerprint density at radius 2 is 1.64 bits per heavy atom. The minimum absolute atomic E-state index is 0.657. The van der Waals surface area contributed by atoms with E-state index in [0.29, 0.717) is 5.88 Å². The number of hydrogen-bond acceptors (Lipinski definition) is 0. The number of halogens is 1. The minimum Gasteiger partial charge on any atom is -0.122 e. The van der Waals surface area contributed by atoms with Crippen molar-refractivity contribution in [3.63, 3.8) is 0 Å². The predicted molar refractivity (Wildman–Crippen MR) is 59.9 cm³/mol. The van der Waals surface area contributed by atoms with Crippen molar-refractivity contribution >= 4 is 11.6 Å². The fraction of sp³-hybridized carbons (Fsp3) is 0.538. The zero-order valence-electron chi connectivity index (χ0n) is 8.30. The molecule has 1 aromatic carbocycles. The molecule has 0 spiro atoms. The summed E-state index contributed by atoms with van der Waals surface area (Å²) in [5.41, 5.74) is 4.53. The van der Waals surface area contributed by atoms with E-state index in [1.807, 2.05) is 0 Å². The highest BCUT2D eigenvalue weighted by atomic mass is 35.5. The van der Waals surface area contributed by atoms with Crippen molar-refractivity contribution in [3.05, 3.63) is 34.9 Å². The average molecular weight is 207 g/mol. The maximum Gasteiger partial charge on any atom is 0.0474 e. The minimum atomic E-state index is 0.657. The van der Waals surface area contributed by atoms with Gasteiger partial charge in [-0.15, -0.1) is 11.6 Å². The molecule has 0 saturated heterocycles. The van der Waals surface area contributed by atoms with Crippen LogP contribution in [0.1, 0.15) is 54.2 Å². The van der Waals surface area contributed by atoms with Gasteiger partial charge in [-0.25, -0.2) is 0 Å². The van der Waals surface area contributed by atoms with Crippen LogP contribution >= 0.6 is 11.6 Å². The monoisotopic (exact) mass is 206 g/mol. The van der Waals surface area contributed by atoms with E-state index in [9.17, 15) is 0 Å². The van der Waals surface area contributed by atoms with Gasteiger partial charge in [-0.2, -0.15) is 0 Å². The van der Waals surface area contributed by atoms with Crippen LogP contribution in [-0.2, 0) is 5.88 Å². The van der Waals surface area contributed by atoms with Crippen molar-refractivity contribution in [1.29, 1.82) is 0 Å². The maximum atomic E-state index is 5.87. The van der Waals surface area contributed by atoms with Crippen LogP contribution in [0.3, 0.4) is 0 Å². The molecule has 0 atom stereocenters. The van der Waals surface area contributed by atoms with Gasteiger partial charge in [0.05, 0.1) is 0 Å². The summed E-state index contributed by atoms with van der Waals surface area (Å²) in [6.07, 6.45) is 5.64. The summed E-state index contributed by atoms with van der Waals surface area (Å²) in [6, 6.07) is 6.87. The van der Waals surface area contributed by atoms with Crippen LogP contribution < -0.4 is 0 Å². The van der Waals surface area contributed by atoms with Gasteiger partial charge in [0, 0.05) is 5.88 Å². The van der Waals surface area contributed by atoms with E-state index >= 15 is 0 Å². The van der Waals surface area contributed by atoms with Crippen LogP contribution in [0.4, 0.5) is 0 Å². The molecule has 0 unspecified atom stereocenters. The molecule has 14 heavy (non-hydrogen) atoms. The summed E-state index contributed by atoms with van der Waals surface area (Å²) < 4.78 is 0. The molecule has 2 bridgehead atoms. The van der Waals surface area contributed by atoms with E-state index in [0.717, 1.165) is 11.8 Å². The summed E-state index contributed by atoms with van der Waals surface area (Å²) in [6.45, 7) is 0. The standard InChI is InChI=1S/C13H15Cl/c14-8-9-1-6-12-10-2-4-11(5-3-10)13(12)7-9/h1,6-7,10-11H,2-5,8H2. The van der Waals surface area contributed by atoms with Gasteiger partial charge in [-0.05, 0) is 54.2 Å². The van der Waals surface area contributed by atoms with Crippen LogP contribution in [-0.4, -0.2) is 0 Å². The average Bonchev–Trinajstić information content (AvgIpc) is 2.30. The topological polar surface area (TPSA) is 0 Å². The summed E-state index contributed by atoms with van der Waals surface area (Å²) in [5.74, 6) is 2.36. The Kier molecular flexibility index (Phi) is 2.05. The first-order valence-corrected chi connectivity index (χ1v) is 6.10. The van der Waals surface area contributed by atoms with Crippen LogP contribution in [0, 0.1) is 0 Å². The highest BCUT2D eigenvalue weighted by Gasteiger charge is 2.32. The second-order valence-corrected chi connectivity index (χ2v) is 4.91. The van der Waals surface area contributed by atoms with Gasteiger partial charge >= 0.3 is 0 Å². The summed E-state index contributed by atoms with van der Waals surface area (Å²) in [7, 11) is 0. The van der Waals surface area contributed by atoms with Gasteiger partial charge in [-0.3, -0.25) is 0 Å². The number of fused-ring (bicyclic) bond motifs is 2. The Labute approximate surface area is 90.3 Å². The number of hydrogen-bond donors (Lipinski definition) is 0. The molecule has 0 aliphatic heterocycles. The number of alkyl halides is 1. The lowest BCUT2D eigenvalue weighted by molar-refractivity contribution is 0.358. The zero-order valence-corrected chi connectivity index (χ0v) is 9.06. The fourth-order valence-electron chi connectivity index (χ4n) is 3.15. The first-order valence-electron chi connectivity index (χ1n) is 5.57. The van der Waals surface area contributed by atoms with E-state index in [4.69, 9.17) is 11.6 Å². The third-order valence-corrected chi connectivity index (χ3v) is 4.22. The van der Waals surface area contributed by atoms with Gasteiger partial charge in [0.25, 0.3) is 0 Å². The van der Waals surface area contributed by atoms with Crippen LogP contribution in [0.15, 0.2) is 18.2 Å². The van der Waals surface area contributed by atoms with Crippen molar-refractivity contribution < 1.29 is 0 Å². The normalized spacial score (nSPS) is 28.9. The van der Waals surface area contributed by atoms with Gasteiger partial charge in [-0.1, -0.05) is 18.2 Å². The molecule has 74 valence electrons. The van der Waals surface area contributed by atoms with E-state index in [2.05, 4.69) is 18.2 Å². The molecule has 0 aromatic heterocycles. The first-order chi connectivity index (χ1) is 6.88. The van der Waals surface area contributed by atoms with Gasteiger partial charge < -0.3 is 0 Å². The molecule has 0 nitrogen and oxygen atoms in total. The van der Waals surface area contributed by atoms with Crippen LogP contribution in [0.5, 0.6) is 0 Å². The van der Waals surface area contributed by atoms with Crippen molar-refractivity contribution in [2.45, 2.75) is 43.4 Å². The molecular weight excluding hydrogens is 192 g/mol. The second kappa shape index (κ2) is 3.27. The molecule has 1 aromatic rings. The lowest BCUT2D eigenvalue weighted by atomic mass is 9.67. The molecule has 3 aliphatic carbocycles. The number of rotatable bonds is 1. The maximum absolute atomic E-state index is 5.87. The molecule has 4 rings (SSSR count). The van der Waals surface area contributed by atoms with Crippen molar-refractivity contribution in [2.75, 3.05) is 0 Å². The smallest absolute Gasteiger partial charge is 0.0474 e. The third kappa shape index (κ3) is 1.20. The first kappa shape index (κ1) is 8.79. The van der Waals surface area contributed by atoms with Crippen LogP contribution in [0.2, 0.25) is 0 Å². The Hall–Kier alpha value is -0.490. The Bertz CT molecular complexity index is 348. The summed E-state index contributed by atoms with van der Waals surface area (Å²) in [5, 5.41) is 0. The SMILES string of the molecule is ClCc1ccc2c(c1)C1CCC2CC1. The van der Waals surface area contributed by atoms with Gasteiger partial charge in [0.1, 0.15) is 0 Å². The largest absolute Gasteiger partial charge is 0.122 e. The predicted octanol–water partition coefficient (Wildman–Crippen LogP) is 4.18. The molecule has 0 radical (unpaired) electrons. The second-order valence-electron chi connectivity index (χ2n) is 4.65. The summed E-state index contributed by atoms with van der Waals surface area (Å²) in [4.78, 5) is 0.